The van der Waals surface area contributed by atoms with Crippen LogP contribution in [0.25, 0.3) is 5.70 Å². The number of hydroxylamine groups is 1. The fourth-order valence-electron chi connectivity index (χ4n) is 1.72. The minimum absolute atomic E-state index is 0.459. The van der Waals surface area contributed by atoms with Crippen molar-refractivity contribution in [3.05, 3.63) is 48.0 Å². The molecule has 1 aromatic rings. The number of aryl methyl sites for hydroxylation is 1. The molecule has 0 bridgehead atoms. The highest BCUT2D eigenvalue weighted by Gasteiger charge is 2.11. The van der Waals surface area contributed by atoms with Crippen molar-refractivity contribution in [1.29, 1.82) is 0 Å². The number of allylic oxidation sites excluding steroid dienone is 1. The first kappa shape index (κ1) is 12.2. The lowest BCUT2D eigenvalue weighted by molar-refractivity contribution is -0.135. The maximum absolute atomic E-state index is 10.8. The first-order valence-corrected chi connectivity index (χ1v) is 5.61. The number of rotatable bonds is 4. The van der Waals surface area contributed by atoms with Gasteiger partial charge in [-0.15, -0.1) is 0 Å². The Kier molecular flexibility index (Phi) is 3.96. The number of carbonyl (C=O) groups excluding carboxylic acids is 1. The molecule has 0 unspecified atom stereocenters. The summed E-state index contributed by atoms with van der Waals surface area (Å²) in [5, 5.41) is 0. The molecule has 0 saturated heterocycles. The number of fused-ring (bicyclic) bond motifs is 1. The highest BCUT2D eigenvalue weighted by atomic mass is 16.6. The summed E-state index contributed by atoms with van der Waals surface area (Å²) in [5.41, 5.74) is 5.93. The molecule has 0 aliphatic heterocycles. The number of ether oxygens (including phenoxy) is 1. The molecular formula is C13H14N2O3. The number of nitrogens with one attached hydrogen (secondary N) is 1. The van der Waals surface area contributed by atoms with Crippen LogP contribution in [-0.2, 0) is 20.8 Å². The normalized spacial score (nSPS) is 13.7. The van der Waals surface area contributed by atoms with Gasteiger partial charge in [-0.2, -0.15) is 0 Å². The van der Waals surface area contributed by atoms with E-state index in [2.05, 4.69) is 15.2 Å². The first-order chi connectivity index (χ1) is 8.81. The Labute approximate surface area is 105 Å². The second-order valence-corrected chi connectivity index (χ2v) is 3.74. The molecule has 0 atom stereocenters. The van der Waals surface area contributed by atoms with Crippen LogP contribution in [0.4, 0.5) is 0 Å². The Morgan fingerprint density at radius 1 is 1.56 bits per heavy atom. The summed E-state index contributed by atoms with van der Waals surface area (Å²) in [7, 11) is 1.31. The number of carbonyl (C=O) groups is 1. The Bertz CT molecular complexity index is 495. The number of methoxy groups -OCH3 is 1. The van der Waals surface area contributed by atoms with Crippen molar-refractivity contribution < 1.29 is 14.4 Å². The van der Waals surface area contributed by atoms with Crippen LogP contribution >= 0.6 is 0 Å². The van der Waals surface area contributed by atoms with E-state index in [9.17, 15) is 4.79 Å². The average molecular weight is 246 g/mol. The van der Waals surface area contributed by atoms with Gasteiger partial charge in [0, 0.05) is 18.0 Å². The van der Waals surface area contributed by atoms with E-state index in [1.807, 2.05) is 18.3 Å². The Balaban J connectivity index is 1.96. The number of aromatic nitrogens is 1. The Hall–Kier alpha value is -2.30. The monoisotopic (exact) mass is 246 g/mol. The van der Waals surface area contributed by atoms with Gasteiger partial charge < -0.3 is 9.57 Å². The summed E-state index contributed by atoms with van der Waals surface area (Å²) in [6.45, 7) is 0. The predicted octanol–water partition coefficient (Wildman–Crippen LogP) is 1.58. The third-order valence-corrected chi connectivity index (χ3v) is 2.60. The molecule has 0 spiro atoms. The standard InChI is InChI=1S/C13H14N2O3/c1-17-13(16)6-8-18-15-12-4-2-3-10-9-14-7-5-11(10)12/h4-9,15H,2-3H2,1H3. The SMILES string of the molecule is COC(=O)C=CONC1=CCCc2cnccc21. The van der Waals surface area contributed by atoms with Gasteiger partial charge in [0.25, 0.3) is 0 Å². The van der Waals surface area contributed by atoms with Gasteiger partial charge >= 0.3 is 5.97 Å². The second kappa shape index (κ2) is 5.86. The lowest BCUT2D eigenvalue weighted by Crippen LogP contribution is -2.14. The molecule has 0 amide bonds. The Morgan fingerprint density at radius 3 is 3.28 bits per heavy atom. The van der Waals surface area contributed by atoms with Gasteiger partial charge in [0.05, 0.1) is 18.9 Å². The molecule has 0 aromatic carbocycles. The Morgan fingerprint density at radius 2 is 2.44 bits per heavy atom. The van der Waals surface area contributed by atoms with Crippen molar-refractivity contribution in [3.63, 3.8) is 0 Å². The molecule has 5 heteroatoms. The summed E-state index contributed by atoms with van der Waals surface area (Å²) in [4.78, 5) is 20.0. The van der Waals surface area contributed by atoms with Crippen molar-refractivity contribution in [2.24, 2.45) is 0 Å². The average Bonchev–Trinajstić information content (AvgIpc) is 2.43. The smallest absolute Gasteiger partial charge is 0.333 e. The van der Waals surface area contributed by atoms with Gasteiger partial charge in [0.1, 0.15) is 6.26 Å². The van der Waals surface area contributed by atoms with Crippen LogP contribution < -0.4 is 5.48 Å². The molecule has 2 rings (SSSR count). The molecule has 0 fully saturated rings. The molecular weight excluding hydrogens is 232 g/mol. The van der Waals surface area contributed by atoms with Gasteiger partial charge in [-0.25, -0.2) is 10.3 Å². The lowest BCUT2D eigenvalue weighted by Gasteiger charge is -2.17. The highest BCUT2D eigenvalue weighted by Crippen LogP contribution is 2.23. The first-order valence-electron chi connectivity index (χ1n) is 5.61. The minimum Gasteiger partial charge on any atom is -0.466 e. The zero-order chi connectivity index (χ0) is 12.8. The third kappa shape index (κ3) is 2.88. The van der Waals surface area contributed by atoms with Gasteiger partial charge in [-0.3, -0.25) is 4.98 Å². The second-order valence-electron chi connectivity index (χ2n) is 3.74. The van der Waals surface area contributed by atoms with E-state index in [0.717, 1.165) is 24.1 Å². The van der Waals surface area contributed by atoms with Gasteiger partial charge in [0.2, 0.25) is 0 Å². The molecule has 1 heterocycles. The summed E-state index contributed by atoms with van der Waals surface area (Å²) in [6, 6.07) is 1.93. The zero-order valence-corrected chi connectivity index (χ0v) is 10.1. The van der Waals surface area contributed by atoms with E-state index in [0.29, 0.717) is 0 Å². The van der Waals surface area contributed by atoms with E-state index in [1.54, 1.807) is 6.20 Å². The molecule has 1 aliphatic rings. The van der Waals surface area contributed by atoms with E-state index in [-0.39, 0.29) is 0 Å². The zero-order valence-electron chi connectivity index (χ0n) is 10.1. The van der Waals surface area contributed by atoms with Crippen LogP contribution in [0.1, 0.15) is 17.5 Å². The fourth-order valence-corrected chi connectivity index (χ4v) is 1.72. The fraction of sp³-hybridized carbons (Fsp3) is 0.231. The largest absolute Gasteiger partial charge is 0.466 e. The van der Waals surface area contributed by atoms with Crippen LogP contribution in [0.15, 0.2) is 36.9 Å². The maximum Gasteiger partial charge on any atom is 0.333 e. The lowest BCUT2D eigenvalue weighted by atomic mass is 9.97. The van der Waals surface area contributed by atoms with Crippen molar-refractivity contribution >= 4 is 11.7 Å². The summed E-state index contributed by atoms with van der Waals surface area (Å²) < 4.78 is 4.44. The number of pyridine rings is 1. The maximum atomic E-state index is 10.8. The van der Waals surface area contributed by atoms with E-state index in [4.69, 9.17) is 4.84 Å². The number of hydrogen-bond donors (Lipinski definition) is 1. The summed E-state index contributed by atoms with van der Waals surface area (Å²) >= 11 is 0. The molecule has 18 heavy (non-hydrogen) atoms. The van der Waals surface area contributed by atoms with Crippen molar-refractivity contribution in [2.45, 2.75) is 12.8 Å². The van der Waals surface area contributed by atoms with Crippen LogP contribution in [0, 0.1) is 0 Å². The van der Waals surface area contributed by atoms with Crippen LogP contribution in [0.2, 0.25) is 0 Å². The topological polar surface area (TPSA) is 60.5 Å². The quantitative estimate of drug-likeness (QED) is 0.378. The summed E-state index contributed by atoms with van der Waals surface area (Å²) in [5.74, 6) is -0.459. The minimum atomic E-state index is -0.459. The van der Waals surface area contributed by atoms with Crippen molar-refractivity contribution in [2.75, 3.05) is 7.11 Å². The molecule has 94 valence electrons. The van der Waals surface area contributed by atoms with E-state index < -0.39 is 5.97 Å². The van der Waals surface area contributed by atoms with E-state index in [1.165, 1.54) is 25.0 Å². The van der Waals surface area contributed by atoms with Crippen LogP contribution in [0.3, 0.4) is 0 Å². The number of esters is 1. The molecule has 1 aromatic heterocycles. The molecule has 5 nitrogen and oxygen atoms in total. The number of nitrogens with zero attached hydrogens (tertiary/aromatic N) is 1. The van der Waals surface area contributed by atoms with Crippen molar-refractivity contribution in [3.8, 4) is 0 Å². The summed E-state index contributed by atoms with van der Waals surface area (Å²) in [6.07, 6.45) is 10.0. The molecule has 1 N–H and O–H groups in total. The third-order valence-electron chi connectivity index (χ3n) is 2.60. The molecule has 0 radical (unpaired) electrons. The van der Waals surface area contributed by atoms with Crippen LogP contribution in [-0.4, -0.2) is 18.1 Å². The van der Waals surface area contributed by atoms with E-state index >= 15 is 0 Å². The highest BCUT2D eigenvalue weighted by molar-refractivity contribution is 5.81. The van der Waals surface area contributed by atoms with Gasteiger partial charge in [-0.05, 0) is 24.5 Å². The molecule has 0 saturated carbocycles. The predicted molar refractivity (Wildman–Crippen MR) is 65.9 cm³/mol. The van der Waals surface area contributed by atoms with Gasteiger partial charge in [-0.1, -0.05) is 6.08 Å². The number of hydrogen-bond acceptors (Lipinski definition) is 5. The molecule has 1 aliphatic carbocycles. The van der Waals surface area contributed by atoms with Crippen LogP contribution in [0.5, 0.6) is 0 Å². The van der Waals surface area contributed by atoms with Gasteiger partial charge in [0.15, 0.2) is 0 Å². The van der Waals surface area contributed by atoms with Crippen molar-refractivity contribution in [1.82, 2.24) is 10.5 Å².